The molecule has 0 saturated carbocycles. The van der Waals surface area contributed by atoms with E-state index in [-0.39, 0.29) is 5.91 Å². The molecular weight excluding hydrogens is 230 g/mol. The van der Waals surface area contributed by atoms with E-state index in [1.54, 1.807) is 12.1 Å². The fourth-order valence-corrected chi connectivity index (χ4v) is 1.76. The fraction of sp³-hybridized carbons (Fsp3) is 0.214. The summed E-state index contributed by atoms with van der Waals surface area (Å²) in [7, 11) is 0. The first kappa shape index (κ1) is 12.4. The highest BCUT2D eigenvalue weighted by atomic mass is 16.4. The van der Waals surface area contributed by atoms with Crippen LogP contribution in [0.4, 0.5) is 0 Å². The zero-order valence-electron chi connectivity index (χ0n) is 10.3. The monoisotopic (exact) mass is 245 g/mol. The summed E-state index contributed by atoms with van der Waals surface area (Å²) in [5, 5.41) is 12.5. The van der Waals surface area contributed by atoms with E-state index in [0.29, 0.717) is 11.5 Å². The van der Waals surface area contributed by atoms with Crippen molar-refractivity contribution in [1.82, 2.24) is 5.32 Å². The van der Waals surface area contributed by atoms with Gasteiger partial charge in [-0.25, -0.2) is 0 Å². The lowest BCUT2D eigenvalue weighted by molar-refractivity contribution is -0.127. The number of amides is 1. The van der Waals surface area contributed by atoms with Gasteiger partial charge < -0.3 is 14.8 Å². The molecule has 0 fully saturated rings. The number of carbonyl (C=O) groups excluding carboxylic acids is 1. The quantitative estimate of drug-likeness (QED) is 0.815. The van der Waals surface area contributed by atoms with Crippen molar-refractivity contribution >= 4 is 5.91 Å². The van der Waals surface area contributed by atoms with Crippen molar-refractivity contribution in [2.75, 3.05) is 0 Å². The average Bonchev–Trinajstić information content (AvgIpc) is 2.78. The number of carbonyl (C=O) groups is 1. The molecule has 0 aliphatic carbocycles. The van der Waals surface area contributed by atoms with Gasteiger partial charge in [0.05, 0.1) is 0 Å². The van der Waals surface area contributed by atoms with Crippen LogP contribution in [0.15, 0.2) is 46.9 Å². The minimum atomic E-state index is -1.50. The van der Waals surface area contributed by atoms with Crippen molar-refractivity contribution in [2.45, 2.75) is 19.6 Å². The van der Waals surface area contributed by atoms with Crippen molar-refractivity contribution in [1.29, 1.82) is 0 Å². The predicted molar refractivity (Wildman–Crippen MR) is 67.5 cm³/mol. The molecule has 2 aromatic rings. The summed E-state index contributed by atoms with van der Waals surface area (Å²) >= 11 is 0. The number of nitrogens with one attached hydrogen (secondary N) is 1. The number of rotatable bonds is 3. The van der Waals surface area contributed by atoms with Crippen LogP contribution in [0, 0.1) is 0 Å². The third-order valence-corrected chi connectivity index (χ3v) is 2.56. The van der Waals surface area contributed by atoms with Crippen molar-refractivity contribution in [3.63, 3.8) is 0 Å². The van der Waals surface area contributed by atoms with Gasteiger partial charge >= 0.3 is 0 Å². The molecule has 1 amide bonds. The molecule has 1 aromatic heterocycles. The molecule has 0 saturated heterocycles. The summed E-state index contributed by atoms with van der Waals surface area (Å²) in [5.74, 6) is 0.630. The van der Waals surface area contributed by atoms with E-state index in [4.69, 9.17) is 4.42 Å². The highest BCUT2D eigenvalue weighted by Gasteiger charge is 2.27. The summed E-state index contributed by atoms with van der Waals surface area (Å²) in [6, 6.07) is 13.0. The molecule has 4 heteroatoms. The predicted octanol–water partition coefficient (Wildman–Crippen LogP) is 2.25. The van der Waals surface area contributed by atoms with Gasteiger partial charge in [-0.1, -0.05) is 30.3 Å². The maximum Gasteiger partial charge on any atom is 0.219 e. The fourth-order valence-electron chi connectivity index (χ4n) is 1.76. The van der Waals surface area contributed by atoms with E-state index in [9.17, 15) is 9.90 Å². The first-order valence-corrected chi connectivity index (χ1v) is 5.66. The van der Waals surface area contributed by atoms with E-state index in [2.05, 4.69) is 5.32 Å². The lowest BCUT2D eigenvalue weighted by atomic mass is 10.2. The first-order valence-electron chi connectivity index (χ1n) is 5.66. The Bertz CT molecular complexity index is 543. The van der Waals surface area contributed by atoms with E-state index >= 15 is 0 Å². The molecule has 2 rings (SSSR count). The molecule has 1 unspecified atom stereocenters. The van der Waals surface area contributed by atoms with E-state index in [0.717, 1.165) is 5.56 Å². The third-order valence-electron chi connectivity index (χ3n) is 2.56. The van der Waals surface area contributed by atoms with Crippen LogP contribution in [-0.4, -0.2) is 11.0 Å². The second kappa shape index (κ2) is 4.66. The van der Waals surface area contributed by atoms with Crippen LogP contribution >= 0.6 is 0 Å². The molecule has 2 N–H and O–H groups in total. The molecule has 94 valence electrons. The second-order valence-electron chi connectivity index (χ2n) is 4.28. The molecule has 1 atom stereocenters. The molecule has 0 bridgehead atoms. The minimum Gasteiger partial charge on any atom is -0.456 e. The van der Waals surface area contributed by atoms with Gasteiger partial charge in [-0.2, -0.15) is 0 Å². The van der Waals surface area contributed by atoms with Gasteiger partial charge in [0.15, 0.2) is 11.5 Å². The topological polar surface area (TPSA) is 62.5 Å². The lowest BCUT2D eigenvalue weighted by Gasteiger charge is -2.21. The van der Waals surface area contributed by atoms with Crippen LogP contribution in [0.3, 0.4) is 0 Å². The van der Waals surface area contributed by atoms with Gasteiger partial charge in [0.1, 0.15) is 5.76 Å². The smallest absolute Gasteiger partial charge is 0.219 e. The summed E-state index contributed by atoms with van der Waals surface area (Å²) in [6.45, 7) is 2.82. The Morgan fingerprint density at radius 2 is 1.89 bits per heavy atom. The van der Waals surface area contributed by atoms with Gasteiger partial charge in [0.25, 0.3) is 0 Å². The Hall–Kier alpha value is -2.07. The Balaban J connectivity index is 2.28. The standard InChI is InChI=1S/C14H15NO3/c1-10(16)15-14(2,17)13-9-8-12(18-13)11-6-4-3-5-7-11/h3-9,17H,1-2H3,(H,15,16). The van der Waals surface area contributed by atoms with E-state index in [1.165, 1.54) is 13.8 Å². The molecular formula is C14H15NO3. The number of hydrogen-bond acceptors (Lipinski definition) is 3. The largest absolute Gasteiger partial charge is 0.456 e. The van der Waals surface area contributed by atoms with Crippen LogP contribution in [0.25, 0.3) is 11.3 Å². The van der Waals surface area contributed by atoms with Crippen molar-refractivity contribution < 1.29 is 14.3 Å². The van der Waals surface area contributed by atoms with Crippen LogP contribution in [0.2, 0.25) is 0 Å². The zero-order chi connectivity index (χ0) is 13.2. The van der Waals surface area contributed by atoms with E-state index < -0.39 is 5.72 Å². The summed E-state index contributed by atoms with van der Waals surface area (Å²) in [6.07, 6.45) is 0. The Morgan fingerprint density at radius 3 is 2.50 bits per heavy atom. The zero-order valence-corrected chi connectivity index (χ0v) is 10.3. The molecule has 1 aromatic carbocycles. The average molecular weight is 245 g/mol. The van der Waals surface area contributed by atoms with Crippen LogP contribution in [0.1, 0.15) is 19.6 Å². The van der Waals surface area contributed by atoms with Gasteiger partial charge in [0, 0.05) is 12.5 Å². The number of benzene rings is 1. The van der Waals surface area contributed by atoms with Gasteiger partial charge in [0.2, 0.25) is 5.91 Å². The molecule has 0 aliphatic heterocycles. The van der Waals surface area contributed by atoms with Crippen LogP contribution in [0.5, 0.6) is 0 Å². The highest BCUT2D eigenvalue weighted by molar-refractivity contribution is 5.73. The van der Waals surface area contributed by atoms with Gasteiger partial charge in [-0.3, -0.25) is 4.79 Å². The van der Waals surface area contributed by atoms with E-state index in [1.807, 2.05) is 30.3 Å². The third kappa shape index (κ3) is 2.60. The SMILES string of the molecule is CC(=O)NC(C)(O)c1ccc(-c2ccccc2)o1. The lowest BCUT2D eigenvalue weighted by Crippen LogP contribution is -2.41. The van der Waals surface area contributed by atoms with Gasteiger partial charge in [-0.15, -0.1) is 0 Å². The van der Waals surface area contributed by atoms with Crippen LogP contribution in [-0.2, 0) is 10.5 Å². The molecule has 0 aliphatic rings. The van der Waals surface area contributed by atoms with Crippen LogP contribution < -0.4 is 5.32 Å². The second-order valence-corrected chi connectivity index (χ2v) is 4.28. The Kier molecular flexibility index (Phi) is 3.21. The molecule has 0 spiro atoms. The Labute approximate surface area is 105 Å². The first-order chi connectivity index (χ1) is 8.49. The maximum atomic E-state index is 11.0. The van der Waals surface area contributed by atoms with Crippen molar-refractivity contribution in [3.05, 3.63) is 48.2 Å². The highest BCUT2D eigenvalue weighted by Crippen LogP contribution is 2.26. The minimum absolute atomic E-state index is 0.302. The Morgan fingerprint density at radius 1 is 1.22 bits per heavy atom. The molecule has 0 radical (unpaired) electrons. The number of hydrogen-bond donors (Lipinski definition) is 2. The van der Waals surface area contributed by atoms with Crippen molar-refractivity contribution in [2.24, 2.45) is 0 Å². The van der Waals surface area contributed by atoms with Gasteiger partial charge in [-0.05, 0) is 19.1 Å². The number of furan rings is 1. The number of aliphatic hydroxyl groups is 1. The summed E-state index contributed by atoms with van der Waals surface area (Å²) in [5.41, 5.74) is -0.582. The molecule has 4 nitrogen and oxygen atoms in total. The van der Waals surface area contributed by atoms with Crippen molar-refractivity contribution in [3.8, 4) is 11.3 Å². The summed E-state index contributed by atoms with van der Waals surface area (Å²) in [4.78, 5) is 11.0. The normalized spacial score (nSPS) is 13.9. The molecule has 18 heavy (non-hydrogen) atoms. The summed E-state index contributed by atoms with van der Waals surface area (Å²) < 4.78 is 5.57. The maximum absolute atomic E-state index is 11.0. The molecule has 1 heterocycles.